The summed E-state index contributed by atoms with van der Waals surface area (Å²) >= 11 is 0. The number of hydrogen-bond acceptors (Lipinski definition) is 5. The van der Waals surface area contributed by atoms with E-state index in [1.807, 2.05) is 28.8 Å². The first-order chi connectivity index (χ1) is 20.2. The summed E-state index contributed by atoms with van der Waals surface area (Å²) in [6.45, 7) is 6.90. The summed E-state index contributed by atoms with van der Waals surface area (Å²) in [6, 6.07) is 7.95. The topological polar surface area (TPSA) is 87.5 Å². The molecule has 8 heteroatoms. The number of para-hydroxylation sites is 2. The number of aromatic nitrogens is 2. The molecule has 3 aliphatic carbocycles. The van der Waals surface area contributed by atoms with Crippen LogP contribution in [0.3, 0.4) is 0 Å². The van der Waals surface area contributed by atoms with Gasteiger partial charge in [-0.15, -0.1) is 0 Å². The molecule has 8 nitrogen and oxygen atoms in total. The molecule has 3 aliphatic heterocycles. The molecule has 8 atom stereocenters. The van der Waals surface area contributed by atoms with Crippen molar-refractivity contribution in [3.63, 3.8) is 0 Å². The average Bonchev–Trinajstić information content (AvgIpc) is 3.28. The second kappa shape index (κ2) is 9.50. The Morgan fingerprint density at radius 2 is 1.81 bits per heavy atom. The highest BCUT2D eigenvalue weighted by Crippen LogP contribution is 2.52. The molecule has 1 saturated carbocycles. The van der Waals surface area contributed by atoms with Gasteiger partial charge in [-0.05, 0) is 113 Å². The fraction of sp³-hybridized carbons (Fsp3) is 0.647. The molecule has 0 radical (unpaired) electrons. The molecule has 0 unspecified atom stereocenters. The largest absolute Gasteiger partial charge is 0.331 e. The van der Waals surface area contributed by atoms with Gasteiger partial charge in [0.1, 0.15) is 5.54 Å². The van der Waals surface area contributed by atoms with Crippen molar-refractivity contribution in [2.45, 2.75) is 102 Å². The lowest BCUT2D eigenvalue weighted by atomic mass is 9.74. The van der Waals surface area contributed by atoms with Gasteiger partial charge < -0.3 is 9.88 Å². The van der Waals surface area contributed by atoms with Gasteiger partial charge in [-0.1, -0.05) is 30.7 Å². The fourth-order valence-electron chi connectivity index (χ4n) is 9.92. The maximum Gasteiger partial charge on any atom is 0.331 e. The number of fused-ring (bicyclic) bond motifs is 5. The first kappa shape index (κ1) is 26.6. The van der Waals surface area contributed by atoms with E-state index in [9.17, 15) is 14.4 Å². The third kappa shape index (κ3) is 4.11. The lowest BCUT2D eigenvalue weighted by Gasteiger charge is -2.53. The van der Waals surface area contributed by atoms with E-state index < -0.39 is 17.5 Å². The first-order valence-electron chi connectivity index (χ1n) is 16.3. The Morgan fingerprint density at radius 1 is 0.976 bits per heavy atom. The minimum atomic E-state index is -1.08. The van der Waals surface area contributed by atoms with Crippen LogP contribution < -0.4 is 15.8 Å². The predicted molar refractivity (Wildman–Crippen MR) is 162 cm³/mol. The Hall–Kier alpha value is -3.00. The number of allylic oxidation sites excluding steroid dienone is 2. The van der Waals surface area contributed by atoms with Crippen LogP contribution in [0.25, 0.3) is 11.0 Å². The van der Waals surface area contributed by atoms with Gasteiger partial charge in [-0.25, -0.2) is 14.7 Å². The highest BCUT2D eigenvalue weighted by molar-refractivity contribution is 6.22. The van der Waals surface area contributed by atoms with Crippen LogP contribution in [0.5, 0.6) is 0 Å². The number of amides is 3. The summed E-state index contributed by atoms with van der Waals surface area (Å²) in [5.74, 6) is 3.35. The number of benzene rings is 1. The second-order valence-corrected chi connectivity index (χ2v) is 15.0. The van der Waals surface area contributed by atoms with Crippen molar-refractivity contribution in [1.29, 1.82) is 0 Å². The van der Waals surface area contributed by atoms with Crippen LogP contribution in [0.2, 0.25) is 0 Å². The lowest BCUT2D eigenvalue weighted by Crippen LogP contribution is -2.57. The summed E-state index contributed by atoms with van der Waals surface area (Å²) in [6.07, 6.45) is 13.7. The van der Waals surface area contributed by atoms with Crippen molar-refractivity contribution < 1.29 is 9.59 Å². The van der Waals surface area contributed by atoms with E-state index in [4.69, 9.17) is 0 Å². The SMILES string of the molecule is C[C@H]1CC[C@@H]2C[C@H](n3c(=O)c(N4C(=O)NC(C)(C)C4=O)nc4ccccc43)C[C@H]1N2C[C@H]1C[C@H]2CC3=C[C@H](C2)C[C@@H]3C1. The van der Waals surface area contributed by atoms with Crippen molar-refractivity contribution in [3.8, 4) is 0 Å². The van der Waals surface area contributed by atoms with E-state index in [-0.39, 0.29) is 17.4 Å². The van der Waals surface area contributed by atoms with Gasteiger partial charge in [-0.2, -0.15) is 0 Å². The predicted octanol–water partition coefficient (Wildman–Crippen LogP) is 5.42. The van der Waals surface area contributed by atoms with Crippen LogP contribution in [-0.4, -0.2) is 50.6 Å². The molecule has 6 aliphatic rings. The quantitative estimate of drug-likeness (QED) is 0.393. The van der Waals surface area contributed by atoms with Crippen molar-refractivity contribution in [1.82, 2.24) is 19.8 Å². The van der Waals surface area contributed by atoms with Crippen LogP contribution in [0, 0.1) is 29.6 Å². The Kier molecular flexibility index (Phi) is 6.02. The third-order valence-electron chi connectivity index (χ3n) is 11.8. The third-order valence-corrected chi connectivity index (χ3v) is 11.8. The number of imide groups is 1. The summed E-state index contributed by atoms with van der Waals surface area (Å²) in [7, 11) is 0. The van der Waals surface area contributed by atoms with Gasteiger partial charge in [0.15, 0.2) is 0 Å². The summed E-state index contributed by atoms with van der Waals surface area (Å²) < 4.78 is 1.88. The maximum absolute atomic E-state index is 14.3. The van der Waals surface area contributed by atoms with Crippen molar-refractivity contribution in [3.05, 3.63) is 46.3 Å². The summed E-state index contributed by atoms with van der Waals surface area (Å²) in [4.78, 5) is 48.8. The molecule has 1 aromatic carbocycles. The van der Waals surface area contributed by atoms with E-state index >= 15 is 0 Å². The molecule has 8 rings (SSSR count). The zero-order valence-electron chi connectivity index (χ0n) is 25.1. The van der Waals surface area contributed by atoms with Crippen molar-refractivity contribution in [2.24, 2.45) is 29.6 Å². The number of carbonyl (C=O) groups is 2. The molecule has 0 spiro atoms. The van der Waals surface area contributed by atoms with Gasteiger partial charge in [0.2, 0.25) is 5.82 Å². The molecular formula is C34H43N5O3. The summed E-state index contributed by atoms with van der Waals surface area (Å²) in [5.41, 5.74) is 1.77. The minimum Gasteiger partial charge on any atom is -0.323 e. The van der Waals surface area contributed by atoms with E-state index in [1.165, 1.54) is 45.1 Å². The fourth-order valence-corrected chi connectivity index (χ4v) is 9.92. The number of rotatable bonds is 4. The Bertz CT molecular complexity index is 1560. The standard InChI is InChI=1S/C34H43N5O3/c1-19-8-9-25-16-26(17-29(19)37(25)18-22-11-20-10-21-13-23(12-20)24(14-21)15-22)38-28-7-5-4-6-27(28)35-30(31(38)40)39-32(41)34(2,3)36-33(39)42/h4-7,13,19-22,24-26,29H,8-12,14-18H2,1-3H3,(H,36,42)/t19-,20-,21-,22-,24+,25+,26-,29+/m0/s1. The molecular weight excluding hydrogens is 526 g/mol. The molecule has 1 aromatic heterocycles. The number of urea groups is 1. The summed E-state index contributed by atoms with van der Waals surface area (Å²) in [5, 5.41) is 2.71. The van der Waals surface area contributed by atoms with E-state index in [0.717, 1.165) is 53.4 Å². The molecule has 5 bridgehead atoms. The van der Waals surface area contributed by atoms with Crippen LogP contribution in [0.4, 0.5) is 10.6 Å². The Balaban J connectivity index is 1.12. The average molecular weight is 570 g/mol. The molecule has 3 saturated heterocycles. The minimum absolute atomic E-state index is 0.00202. The lowest BCUT2D eigenvalue weighted by molar-refractivity contribution is -0.121. The van der Waals surface area contributed by atoms with Gasteiger partial charge in [-0.3, -0.25) is 14.5 Å². The second-order valence-electron chi connectivity index (χ2n) is 15.0. The molecule has 4 fully saturated rings. The normalized spacial score (nSPS) is 37.2. The van der Waals surface area contributed by atoms with Crippen LogP contribution in [-0.2, 0) is 4.79 Å². The molecule has 42 heavy (non-hydrogen) atoms. The zero-order valence-corrected chi connectivity index (χ0v) is 25.1. The van der Waals surface area contributed by atoms with Gasteiger partial charge >= 0.3 is 6.03 Å². The maximum atomic E-state index is 14.3. The number of anilines is 1. The monoisotopic (exact) mass is 569 g/mol. The first-order valence-corrected chi connectivity index (χ1v) is 16.3. The Labute approximate surface area is 247 Å². The molecule has 3 amide bonds. The van der Waals surface area contributed by atoms with E-state index in [1.54, 1.807) is 19.4 Å². The van der Waals surface area contributed by atoms with Gasteiger partial charge in [0.05, 0.1) is 11.0 Å². The Morgan fingerprint density at radius 3 is 2.62 bits per heavy atom. The van der Waals surface area contributed by atoms with Crippen molar-refractivity contribution >= 4 is 28.8 Å². The molecule has 1 N–H and O–H groups in total. The van der Waals surface area contributed by atoms with E-state index in [2.05, 4.69) is 28.2 Å². The van der Waals surface area contributed by atoms with Gasteiger partial charge in [0, 0.05) is 24.7 Å². The van der Waals surface area contributed by atoms with Gasteiger partial charge in [0.25, 0.3) is 11.5 Å². The number of hydrogen-bond donors (Lipinski definition) is 1. The zero-order chi connectivity index (χ0) is 28.9. The number of nitrogens with one attached hydrogen (secondary N) is 1. The molecule has 4 heterocycles. The smallest absolute Gasteiger partial charge is 0.323 e. The van der Waals surface area contributed by atoms with Crippen LogP contribution in [0.15, 0.2) is 40.7 Å². The van der Waals surface area contributed by atoms with E-state index in [0.29, 0.717) is 23.5 Å². The highest BCUT2D eigenvalue weighted by Gasteiger charge is 2.49. The molecule has 222 valence electrons. The van der Waals surface area contributed by atoms with Crippen LogP contribution >= 0.6 is 0 Å². The van der Waals surface area contributed by atoms with Crippen LogP contribution in [0.1, 0.15) is 84.6 Å². The number of carbonyl (C=O) groups excluding carboxylic acids is 2. The molecule has 2 aromatic rings. The van der Waals surface area contributed by atoms with Crippen molar-refractivity contribution in [2.75, 3.05) is 11.4 Å². The number of nitrogens with zero attached hydrogens (tertiary/aromatic N) is 4. The highest BCUT2D eigenvalue weighted by atomic mass is 16.2. The number of piperidine rings is 2.